The number of hydrogen-bond donors (Lipinski definition) is 3. The zero-order valence-corrected chi connectivity index (χ0v) is 18.5. The van der Waals surface area contributed by atoms with Crippen molar-refractivity contribution in [1.82, 2.24) is 29.9 Å². The standard InChI is InChI=1S/C9H7F3N4.C6H3F3IN.C3H5N3/c10-9(11,12)7-5-6(1-3-14-7)16-4-2-8(13)15-16;7-6(8,9)5-3-4(10)1-2-11-5;4-3-1-2-5-6-3/h1-5H,(H2,13,15);1-3H;1-2H,(H3,4,5,6). The quantitative estimate of drug-likeness (QED) is 0.223. The minimum absolute atomic E-state index is 0.241. The summed E-state index contributed by atoms with van der Waals surface area (Å²) in [5.41, 5.74) is 8.99. The summed E-state index contributed by atoms with van der Waals surface area (Å²) in [4.78, 5) is 6.43. The maximum Gasteiger partial charge on any atom is 0.433 e. The second kappa shape index (κ2) is 11.0. The van der Waals surface area contributed by atoms with Crippen molar-refractivity contribution in [3.05, 3.63) is 76.1 Å². The molecule has 0 bridgehead atoms. The number of rotatable bonds is 1. The summed E-state index contributed by atoms with van der Waals surface area (Å²) < 4.78 is 74.6. The summed E-state index contributed by atoms with van der Waals surface area (Å²) in [6.07, 6.45) is -3.49. The van der Waals surface area contributed by atoms with Gasteiger partial charge in [-0.25, -0.2) is 4.68 Å². The van der Waals surface area contributed by atoms with Crippen LogP contribution < -0.4 is 11.5 Å². The molecule has 0 aromatic carbocycles. The van der Waals surface area contributed by atoms with Crippen LogP contribution in [0.1, 0.15) is 11.4 Å². The highest BCUT2D eigenvalue weighted by atomic mass is 127. The summed E-state index contributed by atoms with van der Waals surface area (Å²) in [5.74, 6) is 0.848. The van der Waals surface area contributed by atoms with Gasteiger partial charge in [-0.2, -0.15) is 36.5 Å². The summed E-state index contributed by atoms with van der Waals surface area (Å²) >= 11 is 1.81. The van der Waals surface area contributed by atoms with Crippen molar-refractivity contribution >= 4 is 34.2 Å². The van der Waals surface area contributed by atoms with E-state index in [1.165, 1.54) is 29.1 Å². The molecule has 0 unspecified atom stereocenters. The average molecular weight is 584 g/mol. The molecule has 4 heterocycles. The Hall–Kier alpha value is -3.37. The third-order valence-electron chi connectivity index (χ3n) is 3.44. The maximum atomic E-state index is 12.4. The van der Waals surface area contributed by atoms with Crippen molar-refractivity contribution < 1.29 is 26.3 Å². The Morgan fingerprint density at radius 2 is 1.42 bits per heavy atom. The van der Waals surface area contributed by atoms with E-state index in [2.05, 4.69) is 25.3 Å². The lowest BCUT2D eigenvalue weighted by atomic mass is 10.3. The third kappa shape index (κ3) is 8.59. The largest absolute Gasteiger partial charge is 0.433 e. The van der Waals surface area contributed by atoms with Gasteiger partial charge in [-0.1, -0.05) is 0 Å². The fraction of sp³-hybridized carbons (Fsp3) is 0.111. The molecule has 0 atom stereocenters. The lowest BCUT2D eigenvalue weighted by Crippen LogP contribution is -2.09. The van der Waals surface area contributed by atoms with Crippen LogP contribution in [-0.2, 0) is 12.4 Å². The van der Waals surface area contributed by atoms with Gasteiger partial charge in [-0.15, -0.1) is 0 Å². The number of nitrogen functional groups attached to an aromatic ring is 2. The van der Waals surface area contributed by atoms with Crippen LogP contribution in [0.3, 0.4) is 0 Å². The van der Waals surface area contributed by atoms with Crippen molar-refractivity contribution in [3.8, 4) is 5.69 Å². The molecule has 4 rings (SSSR count). The smallest absolute Gasteiger partial charge is 0.384 e. The van der Waals surface area contributed by atoms with Gasteiger partial charge in [0.1, 0.15) is 23.0 Å². The molecule has 0 saturated heterocycles. The van der Waals surface area contributed by atoms with Crippen LogP contribution in [0.5, 0.6) is 0 Å². The topological polar surface area (TPSA) is 124 Å². The van der Waals surface area contributed by atoms with Crippen molar-refractivity contribution in [3.63, 3.8) is 0 Å². The van der Waals surface area contributed by atoms with E-state index >= 15 is 0 Å². The Morgan fingerprint density at radius 3 is 1.82 bits per heavy atom. The van der Waals surface area contributed by atoms with Gasteiger partial charge in [-0.3, -0.25) is 15.1 Å². The Morgan fingerprint density at radius 1 is 0.818 bits per heavy atom. The first-order valence-electron chi connectivity index (χ1n) is 8.64. The first-order chi connectivity index (χ1) is 15.4. The fourth-order valence-electron chi connectivity index (χ4n) is 2.03. The first-order valence-corrected chi connectivity index (χ1v) is 9.72. The fourth-order valence-corrected chi connectivity index (χ4v) is 2.48. The van der Waals surface area contributed by atoms with Crippen LogP contribution in [0.2, 0.25) is 0 Å². The Bertz CT molecular complexity index is 1140. The van der Waals surface area contributed by atoms with Crippen molar-refractivity contribution in [2.45, 2.75) is 12.4 Å². The third-order valence-corrected chi connectivity index (χ3v) is 4.11. The van der Waals surface area contributed by atoms with E-state index in [1.54, 1.807) is 34.9 Å². The van der Waals surface area contributed by atoms with E-state index < -0.39 is 23.7 Å². The van der Waals surface area contributed by atoms with Crippen LogP contribution in [-0.4, -0.2) is 29.9 Å². The molecule has 0 aliphatic carbocycles. The molecule has 176 valence electrons. The number of halogens is 7. The van der Waals surface area contributed by atoms with Gasteiger partial charge >= 0.3 is 12.4 Å². The predicted octanol–water partition coefficient (Wildman–Crippen LogP) is 4.57. The monoisotopic (exact) mass is 584 g/mol. The van der Waals surface area contributed by atoms with Gasteiger partial charge < -0.3 is 11.5 Å². The summed E-state index contributed by atoms with van der Waals surface area (Å²) in [6.45, 7) is 0. The van der Waals surface area contributed by atoms with Crippen LogP contribution in [0.4, 0.5) is 38.0 Å². The predicted molar refractivity (Wildman–Crippen MR) is 116 cm³/mol. The number of H-pyrrole nitrogens is 1. The minimum atomic E-state index is -4.46. The normalized spacial score (nSPS) is 11.1. The number of nitrogens with two attached hydrogens (primary N) is 2. The van der Waals surface area contributed by atoms with Crippen molar-refractivity contribution in [1.29, 1.82) is 0 Å². The molecule has 5 N–H and O–H groups in total. The highest BCUT2D eigenvalue weighted by molar-refractivity contribution is 14.1. The number of anilines is 2. The minimum Gasteiger partial charge on any atom is -0.384 e. The summed E-state index contributed by atoms with van der Waals surface area (Å²) in [7, 11) is 0. The lowest BCUT2D eigenvalue weighted by molar-refractivity contribution is -0.142. The number of hydrogen-bond acceptors (Lipinski definition) is 6. The number of aromatic amines is 1. The molecule has 0 radical (unpaired) electrons. The molecular formula is C18H15F6IN8. The van der Waals surface area contributed by atoms with Gasteiger partial charge in [-0.05, 0) is 52.9 Å². The van der Waals surface area contributed by atoms with Crippen LogP contribution in [0.25, 0.3) is 5.69 Å². The second-order valence-electron chi connectivity index (χ2n) is 5.95. The van der Waals surface area contributed by atoms with Gasteiger partial charge in [0.15, 0.2) is 0 Å². The number of alkyl halides is 6. The molecule has 4 aromatic rings. The maximum absolute atomic E-state index is 12.4. The highest BCUT2D eigenvalue weighted by Crippen LogP contribution is 2.29. The van der Waals surface area contributed by atoms with Crippen LogP contribution in [0.15, 0.2) is 61.2 Å². The van der Waals surface area contributed by atoms with E-state index in [0.717, 1.165) is 24.5 Å². The van der Waals surface area contributed by atoms with Gasteiger partial charge in [0.2, 0.25) is 0 Å². The number of nitrogens with one attached hydrogen (secondary N) is 1. The van der Waals surface area contributed by atoms with Gasteiger partial charge in [0.05, 0.1) is 11.9 Å². The molecule has 0 spiro atoms. The SMILES string of the molecule is FC(F)(F)c1cc(I)ccn1.Nc1ccn(-c2ccnc(C(F)(F)F)c2)n1.Nc1ccn[nH]1. The molecule has 0 fully saturated rings. The molecule has 33 heavy (non-hydrogen) atoms. The Kier molecular flexibility index (Phi) is 8.61. The van der Waals surface area contributed by atoms with Crippen molar-refractivity contribution in [2.75, 3.05) is 11.5 Å². The molecule has 4 aromatic heterocycles. The van der Waals surface area contributed by atoms with Crippen molar-refractivity contribution in [2.24, 2.45) is 0 Å². The average Bonchev–Trinajstić information content (AvgIpc) is 3.39. The van der Waals surface area contributed by atoms with E-state index in [9.17, 15) is 26.3 Å². The van der Waals surface area contributed by atoms with Gasteiger partial charge in [0, 0.05) is 28.2 Å². The number of nitrogens with zero attached hydrogens (tertiary/aromatic N) is 5. The van der Waals surface area contributed by atoms with E-state index in [-0.39, 0.29) is 11.5 Å². The molecule has 8 nitrogen and oxygen atoms in total. The van der Waals surface area contributed by atoms with E-state index in [0.29, 0.717) is 9.39 Å². The molecule has 0 amide bonds. The molecule has 0 aliphatic heterocycles. The van der Waals surface area contributed by atoms with E-state index in [1.807, 2.05) is 0 Å². The zero-order valence-electron chi connectivity index (χ0n) is 16.3. The molecular weight excluding hydrogens is 569 g/mol. The number of pyridine rings is 2. The van der Waals surface area contributed by atoms with Gasteiger partial charge in [0.25, 0.3) is 0 Å². The molecule has 0 saturated carbocycles. The van der Waals surface area contributed by atoms with Crippen LogP contribution in [0, 0.1) is 3.57 Å². The zero-order chi connectivity index (χ0) is 24.6. The molecule has 15 heteroatoms. The second-order valence-corrected chi connectivity index (χ2v) is 7.20. The Balaban J connectivity index is 0.000000195. The van der Waals surface area contributed by atoms with Crippen LogP contribution >= 0.6 is 22.6 Å². The summed E-state index contributed by atoms with van der Waals surface area (Å²) in [6, 6.07) is 8.03. The lowest BCUT2D eigenvalue weighted by Gasteiger charge is -2.07. The molecule has 0 aliphatic rings. The van der Waals surface area contributed by atoms with E-state index in [4.69, 9.17) is 11.5 Å². The first kappa shape index (κ1) is 25.9. The summed E-state index contributed by atoms with van der Waals surface area (Å²) in [5, 5.41) is 9.90. The highest BCUT2D eigenvalue weighted by Gasteiger charge is 2.33. The number of aromatic nitrogens is 6. The Labute approximate surface area is 196 Å².